The van der Waals surface area contributed by atoms with E-state index in [4.69, 9.17) is 32.7 Å². The van der Waals surface area contributed by atoms with E-state index in [9.17, 15) is 14.4 Å². The van der Waals surface area contributed by atoms with E-state index in [1.165, 1.54) is 24.0 Å². The first-order chi connectivity index (χ1) is 20.6. The average molecular weight is 623 g/mol. The van der Waals surface area contributed by atoms with Gasteiger partial charge in [-0.05, 0) is 78.3 Å². The molecule has 1 saturated heterocycles. The summed E-state index contributed by atoms with van der Waals surface area (Å²) in [5.41, 5.74) is 5.00. The molecule has 43 heavy (non-hydrogen) atoms. The van der Waals surface area contributed by atoms with Crippen molar-refractivity contribution in [2.24, 2.45) is 0 Å². The van der Waals surface area contributed by atoms with E-state index >= 15 is 0 Å². The van der Waals surface area contributed by atoms with Crippen LogP contribution in [0.1, 0.15) is 72.6 Å². The first-order valence-corrected chi connectivity index (χ1v) is 14.9. The molecule has 5 rings (SSSR count). The third kappa shape index (κ3) is 7.96. The van der Waals surface area contributed by atoms with Gasteiger partial charge in [-0.15, -0.1) is 0 Å². The Bertz CT molecular complexity index is 1520. The highest BCUT2D eigenvalue weighted by atomic mass is 35.5. The number of amides is 3. The fourth-order valence-corrected chi connectivity index (χ4v) is 5.76. The molecule has 3 aromatic rings. The van der Waals surface area contributed by atoms with Crippen molar-refractivity contribution < 1.29 is 23.9 Å². The van der Waals surface area contributed by atoms with Crippen molar-refractivity contribution >= 4 is 52.4 Å². The van der Waals surface area contributed by atoms with E-state index < -0.39 is 29.9 Å². The quantitative estimate of drug-likeness (QED) is 0.229. The van der Waals surface area contributed by atoms with E-state index in [2.05, 4.69) is 34.2 Å². The van der Waals surface area contributed by atoms with E-state index in [-0.39, 0.29) is 12.5 Å². The van der Waals surface area contributed by atoms with Crippen LogP contribution in [0.5, 0.6) is 0 Å². The number of hydrogen-bond acceptors (Lipinski definition) is 5. The fourth-order valence-electron chi connectivity index (χ4n) is 5.24. The van der Waals surface area contributed by atoms with Gasteiger partial charge in [-0.1, -0.05) is 65.7 Å². The monoisotopic (exact) mass is 621 g/mol. The van der Waals surface area contributed by atoms with E-state index in [1.807, 2.05) is 12.1 Å². The molecule has 0 bridgehead atoms. The number of esters is 1. The normalized spacial score (nSPS) is 18.3. The maximum atomic E-state index is 13.1. The molecule has 10 heteroatoms. The lowest BCUT2D eigenvalue weighted by Gasteiger charge is -2.22. The van der Waals surface area contributed by atoms with Crippen molar-refractivity contribution in [1.29, 1.82) is 0 Å². The molecule has 1 unspecified atom stereocenters. The first-order valence-electron chi connectivity index (χ1n) is 14.2. The molecule has 224 valence electrons. The SMILES string of the molecule is CC1(C)OC(=O)[C@H](CNC(=O)c2ccc(C(NC(=O)Nc3cc(Cl)cc(Cl)c3)c3ccc(C4=CCCCC4)cc3)cc2)O1. The summed E-state index contributed by atoms with van der Waals surface area (Å²) in [5.74, 6) is -1.90. The molecule has 1 fully saturated rings. The number of halogens is 2. The summed E-state index contributed by atoms with van der Waals surface area (Å²) >= 11 is 12.2. The van der Waals surface area contributed by atoms with Crippen LogP contribution < -0.4 is 16.0 Å². The van der Waals surface area contributed by atoms with Gasteiger partial charge in [-0.25, -0.2) is 9.59 Å². The van der Waals surface area contributed by atoms with Crippen LogP contribution in [0.4, 0.5) is 10.5 Å². The Morgan fingerprint density at radius 2 is 1.60 bits per heavy atom. The minimum Gasteiger partial charge on any atom is -0.432 e. The lowest BCUT2D eigenvalue weighted by atomic mass is 9.91. The molecule has 1 aliphatic carbocycles. The zero-order valence-electron chi connectivity index (χ0n) is 23.9. The van der Waals surface area contributed by atoms with Gasteiger partial charge in [0, 0.05) is 35.1 Å². The molecule has 2 aliphatic rings. The number of nitrogens with one attached hydrogen (secondary N) is 3. The predicted molar refractivity (Wildman–Crippen MR) is 167 cm³/mol. The van der Waals surface area contributed by atoms with Crippen LogP contribution in [-0.4, -0.2) is 36.3 Å². The molecule has 0 spiro atoms. The van der Waals surface area contributed by atoms with Crippen LogP contribution in [0.3, 0.4) is 0 Å². The first kappa shape index (κ1) is 30.6. The Morgan fingerprint density at radius 3 is 2.19 bits per heavy atom. The molecule has 0 saturated carbocycles. The Kier molecular flexibility index (Phi) is 9.40. The number of ether oxygens (including phenoxy) is 2. The lowest BCUT2D eigenvalue weighted by Crippen LogP contribution is -2.36. The predicted octanol–water partition coefficient (Wildman–Crippen LogP) is 7.27. The number of anilines is 1. The summed E-state index contributed by atoms with van der Waals surface area (Å²) in [6.07, 6.45) is 5.97. The molecule has 0 radical (unpaired) electrons. The van der Waals surface area contributed by atoms with Crippen LogP contribution in [0.25, 0.3) is 5.57 Å². The summed E-state index contributed by atoms with van der Waals surface area (Å²) in [7, 11) is 0. The maximum absolute atomic E-state index is 13.1. The highest BCUT2D eigenvalue weighted by Crippen LogP contribution is 2.30. The molecule has 1 heterocycles. The second-order valence-corrected chi connectivity index (χ2v) is 11.9. The number of carbonyl (C=O) groups is 3. The zero-order valence-corrected chi connectivity index (χ0v) is 25.4. The molecule has 2 atom stereocenters. The number of allylic oxidation sites excluding steroid dienone is 2. The molecule has 3 amide bonds. The summed E-state index contributed by atoms with van der Waals surface area (Å²) < 4.78 is 10.7. The Labute approximate surface area is 260 Å². The highest BCUT2D eigenvalue weighted by Gasteiger charge is 2.41. The largest absolute Gasteiger partial charge is 0.432 e. The van der Waals surface area contributed by atoms with Crippen LogP contribution >= 0.6 is 23.2 Å². The second-order valence-electron chi connectivity index (χ2n) is 11.0. The van der Waals surface area contributed by atoms with Crippen molar-refractivity contribution in [2.45, 2.75) is 57.5 Å². The van der Waals surface area contributed by atoms with Crippen molar-refractivity contribution in [1.82, 2.24) is 10.6 Å². The minimum atomic E-state index is -1.02. The summed E-state index contributed by atoms with van der Waals surface area (Å²) in [4.78, 5) is 37.9. The molecular formula is C33H33Cl2N3O5. The smallest absolute Gasteiger partial charge is 0.339 e. The Morgan fingerprint density at radius 1 is 0.953 bits per heavy atom. The van der Waals surface area contributed by atoms with Gasteiger partial charge in [-0.3, -0.25) is 4.79 Å². The van der Waals surface area contributed by atoms with E-state index in [0.717, 1.165) is 24.0 Å². The molecule has 3 N–H and O–H groups in total. The molecule has 3 aromatic carbocycles. The van der Waals surface area contributed by atoms with Crippen LogP contribution in [0.2, 0.25) is 10.0 Å². The zero-order chi connectivity index (χ0) is 30.6. The van der Waals surface area contributed by atoms with E-state index in [0.29, 0.717) is 21.3 Å². The third-order valence-electron chi connectivity index (χ3n) is 7.29. The van der Waals surface area contributed by atoms with Gasteiger partial charge >= 0.3 is 12.0 Å². The number of rotatable bonds is 8. The van der Waals surface area contributed by atoms with E-state index in [1.54, 1.807) is 56.3 Å². The third-order valence-corrected chi connectivity index (χ3v) is 7.73. The Balaban J connectivity index is 1.33. The highest BCUT2D eigenvalue weighted by molar-refractivity contribution is 6.35. The lowest BCUT2D eigenvalue weighted by molar-refractivity contribution is -0.160. The van der Waals surface area contributed by atoms with Gasteiger partial charge in [0.15, 0.2) is 6.10 Å². The topological polar surface area (TPSA) is 106 Å². The van der Waals surface area contributed by atoms with Gasteiger partial charge in [0.1, 0.15) is 0 Å². The Hall–Kier alpha value is -3.85. The van der Waals surface area contributed by atoms with Gasteiger partial charge in [-0.2, -0.15) is 0 Å². The molecular weight excluding hydrogens is 589 g/mol. The number of carbonyl (C=O) groups excluding carboxylic acids is 3. The second kappa shape index (κ2) is 13.2. The number of cyclic esters (lactones) is 1. The summed E-state index contributed by atoms with van der Waals surface area (Å²) in [6.45, 7) is 3.27. The maximum Gasteiger partial charge on any atom is 0.339 e. The fraction of sp³-hybridized carbons (Fsp3) is 0.303. The van der Waals surface area contributed by atoms with Crippen molar-refractivity contribution in [3.05, 3.63) is 105 Å². The van der Waals surface area contributed by atoms with Crippen molar-refractivity contribution in [2.75, 3.05) is 11.9 Å². The van der Waals surface area contributed by atoms with Gasteiger partial charge < -0.3 is 25.4 Å². The van der Waals surface area contributed by atoms with Gasteiger partial charge in [0.2, 0.25) is 5.79 Å². The minimum absolute atomic E-state index is 0.0104. The van der Waals surface area contributed by atoms with Gasteiger partial charge in [0.25, 0.3) is 5.91 Å². The summed E-state index contributed by atoms with van der Waals surface area (Å²) in [6, 6.07) is 18.9. The molecule has 8 nitrogen and oxygen atoms in total. The van der Waals surface area contributed by atoms with Crippen molar-refractivity contribution in [3.63, 3.8) is 0 Å². The van der Waals surface area contributed by atoms with Crippen LogP contribution in [0, 0.1) is 0 Å². The van der Waals surface area contributed by atoms with Gasteiger partial charge in [0.05, 0.1) is 12.6 Å². The average Bonchev–Trinajstić information content (AvgIpc) is 3.25. The summed E-state index contributed by atoms with van der Waals surface area (Å²) in [5, 5.41) is 9.37. The van der Waals surface area contributed by atoms with Crippen molar-refractivity contribution in [3.8, 4) is 0 Å². The number of benzene rings is 3. The van der Waals surface area contributed by atoms with Crippen LogP contribution in [0.15, 0.2) is 72.8 Å². The molecule has 1 aliphatic heterocycles. The standard InChI is InChI=1S/C33H33Cl2N3O5/c1-33(2)42-28(31(40)43-33)19-36-30(39)24-14-12-23(13-15-24)29(38-32(41)37-27-17-25(34)16-26(35)18-27)22-10-8-21(9-11-22)20-6-4-3-5-7-20/h6,8-18,28-29H,3-5,7,19H2,1-2H3,(H,36,39)(H2,37,38,41)/t28-,29?/m0/s1. The number of hydrogen-bond donors (Lipinski definition) is 3. The van der Waals surface area contributed by atoms with Crippen LogP contribution in [-0.2, 0) is 14.3 Å². The number of urea groups is 1. The molecule has 0 aromatic heterocycles.